The molecule has 1 fully saturated rings. The Kier molecular flexibility index (Phi) is 4.87. The zero-order valence-corrected chi connectivity index (χ0v) is 17.4. The minimum Gasteiger partial charge on any atom is -0.493 e. The first-order valence-electron chi connectivity index (χ1n) is 9.47. The number of fused-ring (bicyclic) bond motifs is 1. The van der Waals surface area contributed by atoms with E-state index < -0.39 is 5.69 Å². The Labute approximate surface area is 184 Å². The molecular formula is C19H16Cl2N8O2. The lowest BCUT2D eigenvalue weighted by molar-refractivity contribution is 0.454. The molecule has 1 aliphatic rings. The second-order valence-corrected chi connectivity index (χ2v) is 7.94. The van der Waals surface area contributed by atoms with E-state index in [1.165, 1.54) is 4.52 Å². The third kappa shape index (κ3) is 4.12. The summed E-state index contributed by atoms with van der Waals surface area (Å²) < 4.78 is 1.54. The van der Waals surface area contributed by atoms with Gasteiger partial charge in [-0.1, -0.05) is 29.3 Å². The van der Waals surface area contributed by atoms with Crippen molar-refractivity contribution in [3.8, 4) is 5.88 Å². The van der Waals surface area contributed by atoms with Gasteiger partial charge in [-0.25, -0.2) is 9.79 Å². The van der Waals surface area contributed by atoms with Crippen LogP contribution >= 0.6 is 23.2 Å². The number of aromatic nitrogens is 6. The van der Waals surface area contributed by atoms with Gasteiger partial charge in [0.1, 0.15) is 5.69 Å². The number of rotatable bonds is 5. The molecule has 4 aromatic rings. The van der Waals surface area contributed by atoms with Crippen LogP contribution in [0.2, 0.25) is 10.0 Å². The first-order chi connectivity index (χ1) is 15.0. The molecule has 0 radical (unpaired) electrons. The zero-order valence-electron chi connectivity index (χ0n) is 15.9. The van der Waals surface area contributed by atoms with Crippen LogP contribution < -0.4 is 21.8 Å². The first kappa shape index (κ1) is 19.6. The quantitative estimate of drug-likeness (QED) is 0.356. The first-order valence-corrected chi connectivity index (χ1v) is 10.2. The van der Waals surface area contributed by atoms with Crippen LogP contribution in [-0.2, 0) is 6.54 Å². The van der Waals surface area contributed by atoms with Crippen molar-refractivity contribution in [1.29, 1.82) is 0 Å². The minimum absolute atomic E-state index is 0.225. The molecule has 0 atom stereocenters. The molecule has 31 heavy (non-hydrogen) atoms. The van der Waals surface area contributed by atoms with Gasteiger partial charge in [0, 0.05) is 11.8 Å². The summed E-state index contributed by atoms with van der Waals surface area (Å²) in [5.74, 6) is 0.0965. The normalized spacial score (nSPS) is 15.2. The highest BCUT2D eigenvalue weighted by Gasteiger charge is 2.21. The van der Waals surface area contributed by atoms with Crippen molar-refractivity contribution in [2.24, 2.45) is 4.99 Å². The van der Waals surface area contributed by atoms with Crippen LogP contribution in [0.4, 0.5) is 5.95 Å². The topological polar surface area (TPSA) is 136 Å². The van der Waals surface area contributed by atoms with Gasteiger partial charge in [-0.15, -0.1) is 0 Å². The number of nitrogens with one attached hydrogen (secondary N) is 3. The molecule has 158 valence electrons. The minimum atomic E-state index is -0.511. The van der Waals surface area contributed by atoms with Crippen molar-refractivity contribution in [3.63, 3.8) is 0 Å². The van der Waals surface area contributed by atoms with E-state index in [4.69, 9.17) is 23.2 Å². The van der Waals surface area contributed by atoms with Crippen LogP contribution in [0, 0.1) is 0 Å². The summed E-state index contributed by atoms with van der Waals surface area (Å²) >= 11 is 12.1. The van der Waals surface area contributed by atoms with Gasteiger partial charge in [0.15, 0.2) is 5.65 Å². The van der Waals surface area contributed by atoms with Crippen molar-refractivity contribution in [2.75, 3.05) is 5.32 Å². The van der Waals surface area contributed by atoms with Crippen LogP contribution in [0.5, 0.6) is 5.88 Å². The number of anilines is 1. The monoisotopic (exact) mass is 458 g/mol. The molecule has 0 amide bonds. The second kappa shape index (κ2) is 7.71. The predicted molar refractivity (Wildman–Crippen MR) is 115 cm³/mol. The number of hydrogen-bond acceptors (Lipinski definition) is 7. The lowest BCUT2D eigenvalue weighted by Crippen LogP contribution is -2.24. The molecule has 0 bridgehead atoms. The maximum absolute atomic E-state index is 11.4. The Balaban J connectivity index is 1.57. The van der Waals surface area contributed by atoms with Crippen LogP contribution in [0.1, 0.15) is 24.1 Å². The Morgan fingerprint density at radius 1 is 1.26 bits per heavy atom. The molecule has 1 aromatic carbocycles. The Hall–Kier alpha value is -3.37. The molecule has 0 saturated heterocycles. The predicted octanol–water partition coefficient (Wildman–Crippen LogP) is 1.38. The van der Waals surface area contributed by atoms with E-state index in [0.717, 1.165) is 18.4 Å². The Bertz CT molecular complexity index is 1470. The van der Waals surface area contributed by atoms with Crippen molar-refractivity contribution in [3.05, 3.63) is 67.0 Å². The van der Waals surface area contributed by atoms with E-state index in [9.17, 15) is 9.90 Å². The zero-order chi connectivity index (χ0) is 21.5. The van der Waals surface area contributed by atoms with Crippen molar-refractivity contribution in [1.82, 2.24) is 29.5 Å². The average molecular weight is 459 g/mol. The van der Waals surface area contributed by atoms with Crippen molar-refractivity contribution < 1.29 is 5.11 Å². The lowest BCUT2D eigenvalue weighted by atomic mass is 10.2. The maximum atomic E-state index is 11.4. The van der Waals surface area contributed by atoms with E-state index in [1.54, 1.807) is 24.4 Å². The smallest absolute Gasteiger partial charge is 0.326 e. The number of imidazole rings is 1. The molecule has 0 unspecified atom stereocenters. The van der Waals surface area contributed by atoms with Crippen LogP contribution in [0.25, 0.3) is 11.7 Å². The summed E-state index contributed by atoms with van der Waals surface area (Å²) in [5.41, 5.74) is 1.53. The largest absolute Gasteiger partial charge is 0.493 e. The molecule has 3 aromatic heterocycles. The van der Waals surface area contributed by atoms with Gasteiger partial charge in [0.05, 0.1) is 22.3 Å². The fourth-order valence-corrected chi connectivity index (χ4v) is 3.31. The van der Waals surface area contributed by atoms with Crippen molar-refractivity contribution >= 4 is 40.9 Å². The standard InChI is InChI=1S/C19H16Cl2N8O2/c20-12-4-1-9(5-13(12)21)7-22-17-26-15-10(6-14-16(30)27-19(31)25-14)8-23-29(15)18(28-17)24-11-2-3-11/h1,4-6,8,11,30H,2-3,7H2,(H,22,24,28)(H2,25,27,31)/b10-6+. The molecule has 12 heteroatoms. The Morgan fingerprint density at radius 3 is 2.81 bits per heavy atom. The van der Waals surface area contributed by atoms with E-state index >= 15 is 0 Å². The lowest BCUT2D eigenvalue weighted by Gasteiger charge is -2.06. The number of hydrogen-bond donors (Lipinski definition) is 4. The number of H-pyrrole nitrogens is 2. The van der Waals surface area contributed by atoms with Gasteiger partial charge in [-0.2, -0.15) is 19.6 Å². The van der Waals surface area contributed by atoms with E-state index in [0.29, 0.717) is 39.0 Å². The van der Waals surface area contributed by atoms with E-state index in [2.05, 4.69) is 35.3 Å². The number of halogens is 2. The van der Waals surface area contributed by atoms with E-state index in [-0.39, 0.29) is 17.6 Å². The number of aromatic hydroxyl groups is 1. The molecular weight excluding hydrogens is 443 g/mol. The third-order valence-electron chi connectivity index (χ3n) is 4.69. The molecule has 0 spiro atoms. The van der Waals surface area contributed by atoms with Crippen LogP contribution in [0.3, 0.4) is 0 Å². The second-order valence-electron chi connectivity index (χ2n) is 7.13. The SMILES string of the molecule is O=c1[nH]c(O)c(/C=c2\cnn3c(=NC4CC4)nc(NCc4ccc(Cl)c(Cl)c4)nc23)[nH]1. The van der Waals surface area contributed by atoms with E-state index in [1.807, 2.05) is 6.07 Å². The maximum Gasteiger partial charge on any atom is 0.326 e. The fraction of sp³-hybridized carbons (Fsp3) is 0.211. The number of nitrogens with zero attached hydrogens (tertiary/aromatic N) is 5. The van der Waals surface area contributed by atoms with Gasteiger partial charge in [0.25, 0.3) is 5.62 Å². The van der Waals surface area contributed by atoms with Gasteiger partial charge in [-0.3, -0.25) is 4.98 Å². The van der Waals surface area contributed by atoms with Gasteiger partial charge >= 0.3 is 5.69 Å². The highest BCUT2D eigenvalue weighted by atomic mass is 35.5. The highest BCUT2D eigenvalue weighted by molar-refractivity contribution is 6.42. The van der Waals surface area contributed by atoms with Gasteiger partial charge < -0.3 is 15.4 Å². The molecule has 3 heterocycles. The molecule has 1 aliphatic carbocycles. The van der Waals surface area contributed by atoms with Gasteiger partial charge in [-0.05, 0) is 36.6 Å². The summed E-state index contributed by atoms with van der Waals surface area (Å²) in [7, 11) is 0. The third-order valence-corrected chi connectivity index (χ3v) is 5.43. The average Bonchev–Trinajstić information content (AvgIpc) is 3.37. The summed E-state index contributed by atoms with van der Waals surface area (Å²) in [6.07, 6.45) is 5.17. The van der Waals surface area contributed by atoms with Crippen LogP contribution in [-0.4, -0.2) is 40.7 Å². The molecule has 5 rings (SSSR count). The van der Waals surface area contributed by atoms with Crippen molar-refractivity contribution in [2.45, 2.75) is 25.4 Å². The number of aromatic amines is 2. The molecule has 10 nitrogen and oxygen atoms in total. The summed E-state index contributed by atoms with van der Waals surface area (Å²) in [5, 5.41) is 18.9. The summed E-state index contributed by atoms with van der Waals surface area (Å²) in [6.45, 7) is 0.426. The summed E-state index contributed by atoms with van der Waals surface area (Å²) in [6, 6.07) is 5.59. The Morgan fingerprint density at radius 2 is 2.10 bits per heavy atom. The molecule has 4 N–H and O–H groups in total. The highest BCUT2D eigenvalue weighted by Crippen LogP contribution is 2.23. The molecule has 0 aliphatic heterocycles. The van der Waals surface area contributed by atoms with Gasteiger partial charge in [0.2, 0.25) is 11.8 Å². The molecule has 1 saturated carbocycles. The summed E-state index contributed by atoms with van der Waals surface area (Å²) in [4.78, 5) is 29.9. The fourth-order valence-electron chi connectivity index (χ4n) is 2.99. The van der Waals surface area contributed by atoms with Crippen LogP contribution in [0.15, 0.2) is 34.2 Å². The number of benzene rings is 1.